The summed E-state index contributed by atoms with van der Waals surface area (Å²) in [5, 5.41) is 5.25. The Bertz CT molecular complexity index is 780. The van der Waals surface area contributed by atoms with Crippen molar-refractivity contribution in [3.8, 4) is 0 Å². The first-order valence-corrected chi connectivity index (χ1v) is 8.38. The van der Waals surface area contributed by atoms with Crippen molar-refractivity contribution in [1.82, 2.24) is 10.6 Å². The van der Waals surface area contributed by atoms with Crippen molar-refractivity contribution in [2.45, 2.75) is 19.6 Å². The average molecular weight is 375 g/mol. The van der Waals surface area contributed by atoms with E-state index in [1.54, 1.807) is 24.3 Å². The fourth-order valence-corrected chi connectivity index (χ4v) is 2.31. The Balaban J connectivity index is 1.75. The molecule has 1 atom stereocenters. The summed E-state index contributed by atoms with van der Waals surface area (Å²) in [6, 6.07) is 14.9. The van der Waals surface area contributed by atoms with Gasteiger partial charge in [0.1, 0.15) is 19.2 Å². The molecule has 136 valence electrons. The Morgan fingerprint density at radius 2 is 1.69 bits per heavy atom. The molecule has 0 saturated carbocycles. The monoisotopic (exact) mass is 374 g/mol. The van der Waals surface area contributed by atoms with Gasteiger partial charge in [0.15, 0.2) is 0 Å². The number of carbonyl (C=O) groups is 3. The predicted molar refractivity (Wildman–Crippen MR) is 97.6 cm³/mol. The smallest absolute Gasteiger partial charge is 0.325 e. The van der Waals surface area contributed by atoms with Gasteiger partial charge in [0.05, 0.1) is 10.6 Å². The molecule has 26 heavy (non-hydrogen) atoms. The average Bonchev–Trinajstić information content (AvgIpc) is 2.65. The Labute approximate surface area is 156 Å². The minimum atomic E-state index is -0.833. The van der Waals surface area contributed by atoms with Gasteiger partial charge in [0, 0.05) is 0 Å². The number of nitrogens with one attached hydrogen (secondary N) is 2. The SMILES string of the molecule is C[C@H](NC(=O)c1ccccc1Cl)C(=O)NCC(=O)OCc1ccccc1. The van der Waals surface area contributed by atoms with Crippen molar-refractivity contribution in [3.63, 3.8) is 0 Å². The van der Waals surface area contributed by atoms with Crippen LogP contribution in [0, 0.1) is 0 Å². The van der Waals surface area contributed by atoms with E-state index in [-0.39, 0.29) is 18.7 Å². The van der Waals surface area contributed by atoms with Gasteiger partial charge >= 0.3 is 5.97 Å². The Morgan fingerprint density at radius 1 is 1.04 bits per heavy atom. The van der Waals surface area contributed by atoms with Crippen LogP contribution < -0.4 is 10.6 Å². The molecule has 0 fully saturated rings. The molecule has 2 N–H and O–H groups in total. The minimum absolute atomic E-state index is 0.133. The van der Waals surface area contributed by atoms with E-state index in [9.17, 15) is 14.4 Å². The van der Waals surface area contributed by atoms with Gasteiger partial charge < -0.3 is 15.4 Å². The van der Waals surface area contributed by atoms with Crippen molar-refractivity contribution in [2.24, 2.45) is 0 Å². The van der Waals surface area contributed by atoms with Gasteiger partial charge in [-0.25, -0.2) is 0 Å². The molecule has 2 amide bonds. The fraction of sp³-hybridized carbons (Fsp3) is 0.211. The van der Waals surface area contributed by atoms with E-state index in [4.69, 9.17) is 16.3 Å². The Morgan fingerprint density at radius 3 is 2.38 bits per heavy atom. The number of carbonyl (C=O) groups excluding carboxylic acids is 3. The molecule has 0 aliphatic heterocycles. The van der Waals surface area contributed by atoms with Crippen LogP contribution in [-0.4, -0.2) is 30.4 Å². The first kappa shape index (κ1) is 19.5. The lowest BCUT2D eigenvalue weighted by Gasteiger charge is -2.14. The first-order valence-electron chi connectivity index (χ1n) is 8.00. The lowest BCUT2D eigenvalue weighted by Crippen LogP contribution is -2.46. The number of ether oxygens (including phenoxy) is 1. The largest absolute Gasteiger partial charge is 0.460 e. The molecule has 0 saturated heterocycles. The van der Waals surface area contributed by atoms with Crippen molar-refractivity contribution in [1.29, 1.82) is 0 Å². The van der Waals surface area contributed by atoms with E-state index >= 15 is 0 Å². The fourth-order valence-electron chi connectivity index (χ4n) is 2.09. The maximum Gasteiger partial charge on any atom is 0.325 e. The van der Waals surface area contributed by atoms with E-state index in [1.807, 2.05) is 30.3 Å². The summed E-state index contributed by atoms with van der Waals surface area (Å²) in [5.41, 5.74) is 1.13. The lowest BCUT2D eigenvalue weighted by molar-refractivity contribution is -0.145. The summed E-state index contributed by atoms with van der Waals surface area (Å²) in [6.45, 7) is 1.37. The number of hydrogen-bond acceptors (Lipinski definition) is 4. The van der Waals surface area contributed by atoms with E-state index in [2.05, 4.69) is 10.6 Å². The maximum atomic E-state index is 12.1. The topological polar surface area (TPSA) is 84.5 Å². The number of benzene rings is 2. The Kier molecular flexibility index (Phi) is 7.17. The first-order chi connectivity index (χ1) is 12.5. The van der Waals surface area contributed by atoms with Crippen LogP contribution in [-0.2, 0) is 20.9 Å². The summed E-state index contributed by atoms with van der Waals surface area (Å²) in [5.74, 6) is -1.53. The normalized spacial score (nSPS) is 11.3. The van der Waals surface area contributed by atoms with Crippen molar-refractivity contribution in [3.05, 3.63) is 70.7 Å². The molecule has 2 rings (SSSR count). The molecule has 7 heteroatoms. The van der Waals surface area contributed by atoms with Crippen molar-refractivity contribution < 1.29 is 19.1 Å². The quantitative estimate of drug-likeness (QED) is 0.728. The number of hydrogen-bond donors (Lipinski definition) is 2. The molecule has 0 spiro atoms. The molecular formula is C19H19ClN2O4. The van der Waals surface area contributed by atoms with Crippen LogP contribution >= 0.6 is 11.6 Å². The summed E-state index contributed by atoms with van der Waals surface area (Å²) in [6.07, 6.45) is 0. The van der Waals surface area contributed by atoms with E-state index in [1.165, 1.54) is 6.92 Å². The summed E-state index contributed by atoms with van der Waals surface area (Å²) in [7, 11) is 0. The summed E-state index contributed by atoms with van der Waals surface area (Å²) in [4.78, 5) is 35.8. The van der Waals surface area contributed by atoms with E-state index in [0.29, 0.717) is 5.02 Å². The van der Waals surface area contributed by atoms with Crippen LogP contribution in [0.5, 0.6) is 0 Å². The highest BCUT2D eigenvalue weighted by Gasteiger charge is 2.18. The molecule has 0 aromatic heterocycles. The van der Waals surface area contributed by atoms with Gasteiger partial charge in [-0.1, -0.05) is 54.1 Å². The van der Waals surface area contributed by atoms with Crippen LogP contribution in [0.4, 0.5) is 0 Å². The molecule has 2 aromatic rings. The third-order valence-corrected chi connectivity index (χ3v) is 3.84. The van der Waals surface area contributed by atoms with E-state index in [0.717, 1.165) is 5.56 Å². The second-order valence-electron chi connectivity index (χ2n) is 5.54. The highest BCUT2D eigenvalue weighted by atomic mass is 35.5. The summed E-state index contributed by atoms with van der Waals surface area (Å²) >= 11 is 5.95. The Hall–Kier alpha value is -2.86. The third-order valence-electron chi connectivity index (χ3n) is 3.51. The van der Waals surface area contributed by atoms with Gasteiger partial charge in [0.25, 0.3) is 5.91 Å². The van der Waals surface area contributed by atoms with Crippen LogP contribution in [0.25, 0.3) is 0 Å². The maximum absolute atomic E-state index is 12.1. The molecule has 6 nitrogen and oxygen atoms in total. The lowest BCUT2D eigenvalue weighted by atomic mass is 10.2. The van der Waals surface area contributed by atoms with Gasteiger partial charge in [-0.15, -0.1) is 0 Å². The molecule has 0 unspecified atom stereocenters. The van der Waals surface area contributed by atoms with Gasteiger partial charge in [0.2, 0.25) is 5.91 Å². The standard InChI is InChI=1S/C19H19ClN2O4/c1-13(22-19(25)15-9-5-6-10-16(15)20)18(24)21-11-17(23)26-12-14-7-3-2-4-8-14/h2-10,13H,11-12H2,1H3,(H,21,24)(H,22,25)/t13-/m0/s1. The second kappa shape index (κ2) is 9.58. The second-order valence-corrected chi connectivity index (χ2v) is 5.95. The minimum Gasteiger partial charge on any atom is -0.460 e. The van der Waals surface area contributed by atoms with Crippen LogP contribution in [0.3, 0.4) is 0 Å². The third kappa shape index (κ3) is 5.89. The highest BCUT2D eigenvalue weighted by Crippen LogP contribution is 2.14. The number of rotatable bonds is 7. The van der Waals surface area contributed by atoms with Crippen molar-refractivity contribution >= 4 is 29.4 Å². The molecule has 0 bridgehead atoms. The van der Waals surface area contributed by atoms with Crippen LogP contribution in [0.1, 0.15) is 22.8 Å². The number of halogens is 1. The zero-order valence-electron chi connectivity index (χ0n) is 14.2. The molecule has 0 heterocycles. The molecule has 0 radical (unpaired) electrons. The van der Waals surface area contributed by atoms with Crippen LogP contribution in [0.15, 0.2) is 54.6 Å². The van der Waals surface area contributed by atoms with Crippen LogP contribution in [0.2, 0.25) is 5.02 Å². The summed E-state index contributed by atoms with van der Waals surface area (Å²) < 4.78 is 5.07. The molecule has 0 aliphatic carbocycles. The highest BCUT2D eigenvalue weighted by molar-refractivity contribution is 6.33. The van der Waals surface area contributed by atoms with Gasteiger partial charge in [-0.3, -0.25) is 14.4 Å². The number of esters is 1. The zero-order chi connectivity index (χ0) is 18.9. The number of amides is 2. The van der Waals surface area contributed by atoms with Crippen molar-refractivity contribution in [2.75, 3.05) is 6.54 Å². The molecule has 2 aromatic carbocycles. The molecular weight excluding hydrogens is 356 g/mol. The van der Waals surface area contributed by atoms with Gasteiger partial charge in [-0.2, -0.15) is 0 Å². The van der Waals surface area contributed by atoms with Gasteiger partial charge in [-0.05, 0) is 24.6 Å². The molecule has 0 aliphatic rings. The zero-order valence-corrected chi connectivity index (χ0v) is 15.0. The van der Waals surface area contributed by atoms with E-state index < -0.39 is 23.8 Å². The predicted octanol–water partition coefficient (Wildman–Crippen LogP) is 2.32.